The minimum atomic E-state index is -0.182. The molecule has 0 aliphatic heterocycles. The van der Waals surface area contributed by atoms with Gasteiger partial charge in [-0.15, -0.1) is 11.3 Å². The van der Waals surface area contributed by atoms with Crippen molar-refractivity contribution in [3.8, 4) is 17.0 Å². The first kappa shape index (κ1) is 15.7. The number of hydrogen-bond acceptors (Lipinski definition) is 4. The molecule has 0 aliphatic carbocycles. The summed E-state index contributed by atoms with van der Waals surface area (Å²) in [5, 5.41) is 2.03. The lowest BCUT2D eigenvalue weighted by Gasteiger charge is -2.16. The number of aromatic nitrogens is 2. The Balaban J connectivity index is 2.28. The summed E-state index contributed by atoms with van der Waals surface area (Å²) in [6.45, 7) is 8.77. The second-order valence-electron chi connectivity index (χ2n) is 6.38. The number of carbonyl (C=O) groups excluding carboxylic acids is 1. The third kappa shape index (κ3) is 2.65. The smallest absolute Gasteiger partial charge is 0.195 e. The van der Waals surface area contributed by atoms with E-state index in [0.29, 0.717) is 12.3 Å². The summed E-state index contributed by atoms with van der Waals surface area (Å²) in [4.78, 5) is 17.3. The second kappa shape index (κ2) is 5.81. The van der Waals surface area contributed by atoms with Crippen molar-refractivity contribution in [1.82, 2.24) is 9.38 Å². The summed E-state index contributed by atoms with van der Waals surface area (Å²) < 4.78 is 7.68. The van der Waals surface area contributed by atoms with Crippen LogP contribution in [0.4, 0.5) is 0 Å². The maximum atomic E-state index is 11.8. The summed E-state index contributed by atoms with van der Waals surface area (Å²) in [5.41, 5.74) is 3.18. The number of thiazole rings is 1. The molecule has 3 rings (SSSR count). The number of hydrogen-bond donors (Lipinski definition) is 0. The van der Waals surface area contributed by atoms with E-state index >= 15 is 0 Å². The zero-order valence-electron chi connectivity index (χ0n) is 13.8. The van der Waals surface area contributed by atoms with E-state index < -0.39 is 0 Å². The molecule has 0 fully saturated rings. The Morgan fingerprint density at radius 2 is 2.04 bits per heavy atom. The molecule has 0 unspecified atom stereocenters. The highest BCUT2D eigenvalue weighted by molar-refractivity contribution is 7.15. The molecular formula is C18H20N2O2S. The zero-order chi connectivity index (χ0) is 16.6. The van der Waals surface area contributed by atoms with Crippen LogP contribution in [0.3, 0.4) is 0 Å². The number of carbonyl (C=O) groups is 1. The van der Waals surface area contributed by atoms with Gasteiger partial charge in [-0.1, -0.05) is 32.9 Å². The van der Waals surface area contributed by atoms with E-state index in [9.17, 15) is 4.79 Å². The second-order valence-corrected chi connectivity index (χ2v) is 7.22. The predicted octanol–water partition coefficient (Wildman–Crippen LogP) is 4.57. The van der Waals surface area contributed by atoms with E-state index in [1.165, 1.54) is 11.3 Å². The van der Waals surface area contributed by atoms with Gasteiger partial charge in [-0.3, -0.25) is 9.20 Å². The lowest BCUT2D eigenvalue weighted by atomic mass is 9.91. The highest BCUT2D eigenvalue weighted by Crippen LogP contribution is 2.36. The molecule has 0 aliphatic rings. The lowest BCUT2D eigenvalue weighted by Crippen LogP contribution is -2.14. The average molecular weight is 328 g/mol. The van der Waals surface area contributed by atoms with Gasteiger partial charge < -0.3 is 4.74 Å². The Morgan fingerprint density at radius 1 is 1.30 bits per heavy atom. The normalized spacial score (nSPS) is 11.8. The maximum Gasteiger partial charge on any atom is 0.195 e. The summed E-state index contributed by atoms with van der Waals surface area (Å²) in [5.74, 6) is 0.817. The van der Waals surface area contributed by atoms with Crippen molar-refractivity contribution in [1.29, 1.82) is 0 Å². The summed E-state index contributed by atoms with van der Waals surface area (Å²) in [6.07, 6.45) is 0.903. The molecule has 0 atom stereocenters. The molecule has 0 saturated heterocycles. The first-order valence-corrected chi connectivity index (χ1v) is 8.53. The molecule has 0 saturated carbocycles. The predicted molar refractivity (Wildman–Crippen MR) is 93.8 cm³/mol. The number of aldehydes is 1. The standard InChI is InChI=1S/C18H20N2O2S/c1-5-22-15-9-7-6-8-12(15)14-11-23-17-19-16(18(2,3)4)13(10-21)20(14)17/h6-11H,5H2,1-4H3. The van der Waals surface area contributed by atoms with Gasteiger partial charge in [0.25, 0.3) is 0 Å². The van der Waals surface area contributed by atoms with Gasteiger partial charge in [0, 0.05) is 16.4 Å². The van der Waals surface area contributed by atoms with E-state index in [-0.39, 0.29) is 5.41 Å². The number of fused-ring (bicyclic) bond motifs is 1. The highest BCUT2D eigenvalue weighted by atomic mass is 32.1. The zero-order valence-corrected chi connectivity index (χ0v) is 14.6. The minimum absolute atomic E-state index is 0.182. The molecule has 1 aromatic carbocycles. The summed E-state index contributed by atoms with van der Waals surface area (Å²) in [7, 11) is 0. The molecule has 23 heavy (non-hydrogen) atoms. The van der Waals surface area contributed by atoms with Crippen molar-refractivity contribution >= 4 is 22.6 Å². The summed E-state index contributed by atoms with van der Waals surface area (Å²) in [6, 6.07) is 7.89. The van der Waals surface area contributed by atoms with Crippen LogP contribution in [-0.4, -0.2) is 22.3 Å². The third-order valence-electron chi connectivity index (χ3n) is 3.68. The molecule has 3 aromatic rings. The van der Waals surface area contributed by atoms with Crippen molar-refractivity contribution in [3.05, 3.63) is 41.0 Å². The van der Waals surface area contributed by atoms with Crippen molar-refractivity contribution in [2.75, 3.05) is 6.61 Å². The summed E-state index contributed by atoms with van der Waals surface area (Å²) >= 11 is 1.54. The Hall–Kier alpha value is -2.14. The van der Waals surface area contributed by atoms with Crippen molar-refractivity contribution in [3.63, 3.8) is 0 Å². The van der Waals surface area contributed by atoms with E-state index in [0.717, 1.165) is 33.9 Å². The Bertz CT molecular complexity index is 856. The first-order valence-electron chi connectivity index (χ1n) is 7.65. The molecule has 0 amide bonds. The van der Waals surface area contributed by atoms with Gasteiger partial charge in [0.1, 0.15) is 11.4 Å². The van der Waals surface area contributed by atoms with Crippen LogP contribution in [0, 0.1) is 0 Å². The van der Waals surface area contributed by atoms with Crippen molar-refractivity contribution in [2.45, 2.75) is 33.1 Å². The fraction of sp³-hybridized carbons (Fsp3) is 0.333. The lowest BCUT2D eigenvalue weighted by molar-refractivity contribution is 0.111. The Kier molecular flexibility index (Phi) is 3.98. The molecule has 120 valence electrons. The maximum absolute atomic E-state index is 11.8. The molecule has 5 heteroatoms. The van der Waals surface area contributed by atoms with Crippen molar-refractivity contribution < 1.29 is 9.53 Å². The fourth-order valence-electron chi connectivity index (χ4n) is 2.69. The van der Waals surface area contributed by atoms with E-state index in [1.807, 2.05) is 41.0 Å². The molecule has 0 spiro atoms. The molecule has 2 heterocycles. The van der Waals surface area contributed by atoms with Gasteiger partial charge >= 0.3 is 0 Å². The van der Waals surface area contributed by atoms with Gasteiger partial charge in [-0.25, -0.2) is 4.98 Å². The topological polar surface area (TPSA) is 43.6 Å². The van der Waals surface area contributed by atoms with Gasteiger partial charge in [0.15, 0.2) is 11.2 Å². The largest absolute Gasteiger partial charge is 0.493 e. The molecule has 0 N–H and O–H groups in total. The van der Waals surface area contributed by atoms with Crippen LogP contribution in [0.5, 0.6) is 5.75 Å². The Labute approximate surface area is 139 Å². The van der Waals surface area contributed by atoms with Crippen LogP contribution in [-0.2, 0) is 5.41 Å². The molecular weight excluding hydrogens is 308 g/mol. The highest BCUT2D eigenvalue weighted by Gasteiger charge is 2.26. The molecule has 0 bridgehead atoms. The average Bonchev–Trinajstić information content (AvgIpc) is 3.06. The monoisotopic (exact) mass is 328 g/mol. The molecule has 4 nitrogen and oxygen atoms in total. The SMILES string of the molecule is CCOc1ccccc1-c1csc2nc(C(C)(C)C)c(C=O)n12. The molecule has 0 radical (unpaired) electrons. The number of ether oxygens (including phenoxy) is 1. The van der Waals surface area contributed by atoms with Crippen molar-refractivity contribution in [2.24, 2.45) is 0 Å². The van der Waals surface area contributed by atoms with Crippen LogP contribution in [0.25, 0.3) is 16.2 Å². The number of para-hydroxylation sites is 1. The van der Waals surface area contributed by atoms with Gasteiger partial charge in [0.05, 0.1) is 18.0 Å². The van der Waals surface area contributed by atoms with Gasteiger partial charge in [0.2, 0.25) is 0 Å². The number of nitrogens with zero attached hydrogens (tertiary/aromatic N) is 2. The van der Waals surface area contributed by atoms with Gasteiger partial charge in [-0.2, -0.15) is 0 Å². The van der Waals surface area contributed by atoms with Crippen LogP contribution < -0.4 is 4.74 Å². The van der Waals surface area contributed by atoms with E-state index in [2.05, 4.69) is 25.8 Å². The molecule has 2 aromatic heterocycles. The number of benzene rings is 1. The quantitative estimate of drug-likeness (QED) is 0.659. The minimum Gasteiger partial charge on any atom is -0.493 e. The Morgan fingerprint density at radius 3 is 2.70 bits per heavy atom. The van der Waals surface area contributed by atoms with Gasteiger partial charge in [-0.05, 0) is 19.1 Å². The van der Waals surface area contributed by atoms with Crippen LogP contribution >= 0.6 is 11.3 Å². The fourth-order valence-corrected chi connectivity index (χ4v) is 3.58. The number of imidazole rings is 1. The third-order valence-corrected chi connectivity index (χ3v) is 4.51. The van der Waals surface area contributed by atoms with Crippen LogP contribution in [0.1, 0.15) is 43.9 Å². The van der Waals surface area contributed by atoms with E-state index in [1.54, 1.807) is 0 Å². The van der Waals surface area contributed by atoms with E-state index in [4.69, 9.17) is 4.74 Å². The van der Waals surface area contributed by atoms with Crippen LogP contribution in [0.15, 0.2) is 29.6 Å². The first-order chi connectivity index (χ1) is 11.0. The van der Waals surface area contributed by atoms with Crippen LogP contribution in [0.2, 0.25) is 0 Å². The number of rotatable bonds is 4.